The van der Waals surface area contributed by atoms with E-state index in [0.29, 0.717) is 0 Å². The lowest BCUT2D eigenvalue weighted by Crippen LogP contribution is -1.98. The lowest BCUT2D eigenvalue weighted by Gasteiger charge is -1.98. The van der Waals surface area contributed by atoms with Gasteiger partial charge in [0.2, 0.25) is 5.82 Å². The van der Waals surface area contributed by atoms with Crippen molar-refractivity contribution in [2.24, 2.45) is 0 Å². The molecule has 0 nitrogen and oxygen atoms in total. The Morgan fingerprint density at radius 1 is 0.478 bits per heavy atom. The Hall–Kier alpha value is -2.69. The van der Waals surface area contributed by atoms with Gasteiger partial charge in [-0.2, -0.15) is 0 Å². The normalized spacial score (nSPS) is 9.96. The quantitative estimate of drug-likeness (QED) is 0.314. The largest absolute Gasteiger partial charge is 0.203 e. The molecule has 0 heterocycles. The third-order valence-corrected chi connectivity index (χ3v) is 2.87. The number of benzene rings is 3. The number of hydrogen-bond acceptors (Lipinski definition) is 0. The molecule has 3 aromatic carbocycles. The summed E-state index contributed by atoms with van der Waals surface area (Å²) in [4.78, 5) is 0. The van der Waals surface area contributed by atoms with Crippen LogP contribution in [0, 0.1) is 35.2 Å². The lowest BCUT2D eigenvalue weighted by molar-refractivity contribution is 0.377. The van der Waals surface area contributed by atoms with Crippen LogP contribution in [-0.4, -0.2) is 0 Å². The van der Waals surface area contributed by atoms with E-state index in [0.717, 1.165) is 6.07 Å². The lowest BCUT2D eigenvalue weighted by atomic mass is 10.1. The molecule has 5 heteroatoms. The van der Waals surface area contributed by atoms with Crippen LogP contribution in [0.15, 0.2) is 60.7 Å². The first-order valence-electron chi connectivity index (χ1n) is 6.52. The molecule has 3 aromatic rings. The minimum absolute atomic E-state index is 1.02. The van der Waals surface area contributed by atoms with Gasteiger partial charge in [-0.05, 0) is 11.1 Å². The fraction of sp³-hybridized carbons (Fsp3) is 0. The summed E-state index contributed by atoms with van der Waals surface area (Å²) in [5, 5.41) is 0. The summed E-state index contributed by atoms with van der Waals surface area (Å²) in [7, 11) is 0. The van der Waals surface area contributed by atoms with Crippen LogP contribution in [0.4, 0.5) is 22.0 Å². The first-order chi connectivity index (χ1) is 11.0. The summed E-state index contributed by atoms with van der Waals surface area (Å²) in [5.74, 6) is -10.0. The highest BCUT2D eigenvalue weighted by Crippen LogP contribution is 2.17. The van der Waals surface area contributed by atoms with Gasteiger partial charge in [0, 0.05) is 0 Å². The molecule has 0 amide bonds. The van der Waals surface area contributed by atoms with E-state index in [1.54, 1.807) is 0 Å². The predicted molar refractivity (Wildman–Crippen MR) is 76.9 cm³/mol. The Bertz CT molecular complexity index is 707. The van der Waals surface area contributed by atoms with Crippen molar-refractivity contribution in [3.63, 3.8) is 0 Å². The fourth-order valence-electron chi connectivity index (χ4n) is 1.76. The fourth-order valence-corrected chi connectivity index (χ4v) is 1.76. The van der Waals surface area contributed by atoms with Crippen LogP contribution in [-0.2, 0) is 0 Å². The van der Waals surface area contributed by atoms with Crippen molar-refractivity contribution >= 4 is 0 Å². The molecule has 0 N–H and O–H groups in total. The van der Waals surface area contributed by atoms with Crippen LogP contribution in [0.2, 0.25) is 0 Å². The van der Waals surface area contributed by atoms with Crippen molar-refractivity contribution in [3.8, 4) is 11.1 Å². The van der Waals surface area contributed by atoms with Gasteiger partial charge >= 0.3 is 0 Å². The highest BCUT2D eigenvalue weighted by molar-refractivity contribution is 5.62. The molecule has 117 valence electrons. The third-order valence-electron chi connectivity index (χ3n) is 2.87. The van der Waals surface area contributed by atoms with Gasteiger partial charge in [0.1, 0.15) is 0 Å². The average Bonchev–Trinajstić information content (AvgIpc) is 2.60. The summed E-state index contributed by atoms with van der Waals surface area (Å²) in [6.07, 6.45) is 0. The van der Waals surface area contributed by atoms with Crippen molar-refractivity contribution in [2.45, 2.75) is 0 Å². The van der Waals surface area contributed by atoms with Crippen molar-refractivity contribution in [1.29, 1.82) is 0 Å². The van der Waals surface area contributed by atoms with Gasteiger partial charge < -0.3 is 0 Å². The van der Waals surface area contributed by atoms with E-state index in [1.807, 2.05) is 12.1 Å². The zero-order valence-electron chi connectivity index (χ0n) is 11.7. The Labute approximate surface area is 129 Å². The second kappa shape index (κ2) is 7.54. The van der Waals surface area contributed by atoms with Crippen LogP contribution < -0.4 is 0 Å². The Balaban J connectivity index is 0.000000168. The second-order valence-electron chi connectivity index (χ2n) is 4.43. The maximum absolute atomic E-state index is 12.0. The minimum Gasteiger partial charge on any atom is -0.203 e. The first-order valence-corrected chi connectivity index (χ1v) is 6.52. The molecule has 0 fully saturated rings. The Morgan fingerprint density at radius 3 is 1.17 bits per heavy atom. The monoisotopic (exact) mass is 321 g/mol. The van der Waals surface area contributed by atoms with Crippen molar-refractivity contribution in [2.75, 3.05) is 0 Å². The summed E-state index contributed by atoms with van der Waals surface area (Å²) in [6.45, 7) is 0. The molecule has 0 aliphatic heterocycles. The van der Waals surface area contributed by atoms with E-state index in [9.17, 15) is 22.0 Å². The van der Waals surface area contributed by atoms with E-state index in [1.165, 1.54) is 11.1 Å². The topological polar surface area (TPSA) is 0 Å². The molecular formula is C18H10F5. The van der Waals surface area contributed by atoms with Crippen LogP contribution in [0.5, 0.6) is 0 Å². The Morgan fingerprint density at radius 2 is 0.826 bits per heavy atom. The van der Waals surface area contributed by atoms with Crippen molar-refractivity contribution in [3.05, 3.63) is 95.8 Å². The zero-order valence-corrected chi connectivity index (χ0v) is 11.7. The highest BCUT2D eigenvalue weighted by Gasteiger charge is 2.18. The molecule has 0 aromatic heterocycles. The molecule has 23 heavy (non-hydrogen) atoms. The highest BCUT2D eigenvalue weighted by atomic mass is 19.2. The average molecular weight is 321 g/mol. The molecule has 0 atom stereocenters. The predicted octanol–water partition coefficient (Wildman–Crippen LogP) is 5.54. The van der Waals surface area contributed by atoms with Gasteiger partial charge in [0.05, 0.1) is 6.07 Å². The molecule has 0 aliphatic rings. The number of hydrogen-bond donors (Lipinski definition) is 0. The first kappa shape index (κ1) is 16.7. The van der Waals surface area contributed by atoms with Crippen LogP contribution >= 0.6 is 0 Å². The van der Waals surface area contributed by atoms with Crippen molar-refractivity contribution < 1.29 is 22.0 Å². The van der Waals surface area contributed by atoms with Gasteiger partial charge in [-0.1, -0.05) is 60.7 Å². The van der Waals surface area contributed by atoms with E-state index < -0.39 is 29.1 Å². The van der Waals surface area contributed by atoms with Gasteiger partial charge in [-0.3, -0.25) is 0 Å². The summed E-state index contributed by atoms with van der Waals surface area (Å²) >= 11 is 0. The van der Waals surface area contributed by atoms with Gasteiger partial charge in [-0.15, -0.1) is 0 Å². The maximum atomic E-state index is 12.0. The molecule has 0 unspecified atom stereocenters. The molecular weight excluding hydrogens is 311 g/mol. The van der Waals surface area contributed by atoms with E-state index in [4.69, 9.17) is 0 Å². The molecule has 0 aliphatic carbocycles. The standard InChI is InChI=1S/C12H10.C6F5/c1-3-7-11(8-4-1)12-9-5-2-6-10-12;7-2-1-3(8)5(10)6(11)4(2)9/h1-10H;. The van der Waals surface area contributed by atoms with Gasteiger partial charge in [0.25, 0.3) is 0 Å². The second-order valence-corrected chi connectivity index (χ2v) is 4.43. The SMILES string of the molecule is Fc1[c]c(F)c(F)c(F)c1F.c1ccc(-c2ccccc2)cc1. The molecule has 1 radical (unpaired) electrons. The zero-order chi connectivity index (χ0) is 16.8. The van der Waals surface area contributed by atoms with Crippen LogP contribution in [0.25, 0.3) is 11.1 Å². The summed E-state index contributed by atoms with van der Waals surface area (Å²) < 4.78 is 59.9. The van der Waals surface area contributed by atoms with Crippen molar-refractivity contribution in [1.82, 2.24) is 0 Å². The van der Waals surface area contributed by atoms with Crippen LogP contribution in [0.1, 0.15) is 0 Å². The smallest absolute Gasteiger partial charge is 0.200 e. The van der Waals surface area contributed by atoms with Crippen LogP contribution in [0.3, 0.4) is 0 Å². The third kappa shape index (κ3) is 4.16. The van der Waals surface area contributed by atoms with E-state index in [-0.39, 0.29) is 0 Å². The summed E-state index contributed by atoms with van der Waals surface area (Å²) in [5.41, 5.74) is 2.55. The molecule has 3 rings (SSSR count). The minimum atomic E-state index is -2.17. The molecule has 0 saturated heterocycles. The molecule has 0 saturated carbocycles. The number of rotatable bonds is 1. The van der Waals surface area contributed by atoms with E-state index >= 15 is 0 Å². The number of halogens is 5. The maximum Gasteiger partial charge on any atom is 0.200 e. The van der Waals surface area contributed by atoms with Gasteiger partial charge in [-0.25, -0.2) is 22.0 Å². The summed E-state index contributed by atoms with van der Waals surface area (Å²) in [6, 6.07) is 21.8. The molecule has 0 bridgehead atoms. The van der Waals surface area contributed by atoms with E-state index in [2.05, 4.69) is 48.5 Å². The van der Waals surface area contributed by atoms with Gasteiger partial charge in [0.15, 0.2) is 23.3 Å². The Kier molecular flexibility index (Phi) is 5.46. The molecule has 0 spiro atoms.